The van der Waals surface area contributed by atoms with E-state index in [0.29, 0.717) is 27.8 Å². The normalized spacial score (nSPS) is 11.4. The van der Waals surface area contributed by atoms with Crippen molar-refractivity contribution in [1.29, 1.82) is 0 Å². The van der Waals surface area contributed by atoms with Crippen LogP contribution in [-0.2, 0) is 39.1 Å². The van der Waals surface area contributed by atoms with Crippen LogP contribution in [0, 0.1) is 11.4 Å². The number of anilines is 3. The van der Waals surface area contributed by atoms with Crippen LogP contribution in [-0.4, -0.2) is 76.0 Å². The quantitative estimate of drug-likeness (QED) is 0.0131. The van der Waals surface area contributed by atoms with Gasteiger partial charge in [-0.15, -0.1) is 14.6 Å². The van der Waals surface area contributed by atoms with Crippen LogP contribution in [0.3, 0.4) is 0 Å². The van der Waals surface area contributed by atoms with Crippen LogP contribution >= 0.6 is 47.2 Å². The number of phenols is 1. The summed E-state index contributed by atoms with van der Waals surface area (Å²) in [6, 6.07) is 13.5. The molecule has 0 radical (unpaired) electrons. The van der Waals surface area contributed by atoms with E-state index < -0.39 is 37.1 Å². The van der Waals surface area contributed by atoms with Crippen molar-refractivity contribution in [3.8, 4) is 22.9 Å². The number of nitrogens with zero attached hydrogens (tertiary/aromatic N) is 5. The highest BCUT2D eigenvalue weighted by molar-refractivity contribution is 8.04. The maximum Gasteiger partial charge on any atom is 0.433 e. The zero-order chi connectivity index (χ0) is 41.3. The summed E-state index contributed by atoms with van der Waals surface area (Å²) in [7, 11) is -8.42. The van der Waals surface area contributed by atoms with Crippen LogP contribution in [0.4, 0.5) is 28.7 Å². The van der Waals surface area contributed by atoms with Gasteiger partial charge in [0.1, 0.15) is 17.1 Å². The van der Waals surface area contributed by atoms with Gasteiger partial charge in [-0.05, 0) is 100 Å². The third-order valence-electron chi connectivity index (χ3n) is 6.78. The number of aromatic nitrogens is 3. The van der Waals surface area contributed by atoms with E-state index in [4.69, 9.17) is 26.1 Å². The van der Waals surface area contributed by atoms with Crippen molar-refractivity contribution in [3.05, 3.63) is 71.5 Å². The number of carbonyl (C=O) groups is 1. The number of carbonyl (C=O) groups excluding carboxylic acids is 1. The molecular weight excluding hydrogens is 894 g/mol. The van der Waals surface area contributed by atoms with Crippen LogP contribution in [0.5, 0.6) is 11.5 Å². The highest BCUT2D eigenvalue weighted by atomic mass is 35.5. The summed E-state index contributed by atoms with van der Waals surface area (Å²) in [5.41, 5.74) is 0.0758. The van der Waals surface area contributed by atoms with E-state index in [9.17, 15) is 31.3 Å². The Morgan fingerprint density at radius 2 is 1.72 bits per heavy atom. The fourth-order valence-corrected chi connectivity index (χ4v) is 6.71. The Balaban J connectivity index is 0.00000744. The Morgan fingerprint density at radius 3 is 2.38 bits per heavy atom. The molecule has 5 rings (SSSR count). The number of thioether (sulfide) groups is 2. The summed E-state index contributed by atoms with van der Waals surface area (Å²) in [6.07, 6.45) is 3.66. The summed E-state index contributed by atoms with van der Waals surface area (Å²) < 4.78 is 77.6. The minimum Gasteiger partial charge on any atom is -0.505 e. The van der Waals surface area contributed by atoms with E-state index in [1.54, 1.807) is 6.26 Å². The number of halogens is 1. The number of benzene rings is 4. The van der Waals surface area contributed by atoms with Crippen molar-refractivity contribution in [1.82, 2.24) is 15.0 Å². The highest BCUT2D eigenvalue weighted by Gasteiger charge is 2.23. The minimum absolute atomic E-state index is 0. The highest BCUT2D eigenvalue weighted by Crippen LogP contribution is 2.47. The van der Waals surface area contributed by atoms with Gasteiger partial charge < -0.3 is 26.0 Å². The third-order valence-corrected chi connectivity index (χ3v) is 9.86. The van der Waals surface area contributed by atoms with Crippen LogP contribution in [0.2, 0.25) is 5.28 Å². The van der Waals surface area contributed by atoms with Crippen LogP contribution in [0.1, 0.15) is 10.4 Å². The molecule has 5 aromatic rings. The van der Waals surface area contributed by atoms with E-state index in [1.807, 2.05) is 6.11 Å². The maximum atomic E-state index is 13.5. The van der Waals surface area contributed by atoms with Gasteiger partial charge in [-0.2, -0.15) is 31.8 Å². The van der Waals surface area contributed by atoms with Gasteiger partial charge in [0, 0.05) is 26.8 Å². The number of aromatic hydroxyl groups is 1. The number of hydrogen-bond donors (Lipinski definition) is 6. The van der Waals surface area contributed by atoms with Crippen molar-refractivity contribution < 1.29 is 69.9 Å². The zero-order valence-corrected chi connectivity index (χ0v) is 33.6. The van der Waals surface area contributed by atoms with Gasteiger partial charge in [0.2, 0.25) is 11.2 Å². The number of fused-ring (bicyclic) bond motifs is 1. The summed E-state index contributed by atoms with van der Waals surface area (Å²) in [5, 5.41) is 40.4. The second-order valence-corrected chi connectivity index (χ2v) is 15.5. The van der Waals surface area contributed by atoms with Gasteiger partial charge >= 0.3 is 10.4 Å². The first-order valence-corrected chi connectivity index (χ1v) is 20.7. The lowest BCUT2D eigenvalue weighted by molar-refractivity contribution is -0.432. The maximum absolute atomic E-state index is 13.5. The number of azo groups is 1. The van der Waals surface area contributed by atoms with E-state index >= 15 is 0 Å². The molecule has 28 heteroatoms. The molecular formula is C30H24ClN7O15S5. The van der Waals surface area contributed by atoms with Gasteiger partial charge in [0.05, 0.1) is 34.6 Å². The van der Waals surface area contributed by atoms with Crippen molar-refractivity contribution >= 4 is 113 Å². The van der Waals surface area contributed by atoms with Gasteiger partial charge in [-0.25, -0.2) is 5.26 Å². The van der Waals surface area contributed by atoms with E-state index in [1.165, 1.54) is 67.4 Å². The predicted molar refractivity (Wildman–Crippen MR) is 209 cm³/mol. The number of methoxy groups -OCH3 is 1. The fraction of sp³-hybridized carbons (Fsp3) is 0.0667. The average Bonchev–Trinajstić information content (AvgIpc) is 3.15. The molecule has 0 fully saturated rings. The van der Waals surface area contributed by atoms with Gasteiger partial charge in [0.15, 0.2) is 17.0 Å². The summed E-state index contributed by atoms with van der Waals surface area (Å²) >= 11 is 8.39. The molecule has 0 saturated heterocycles. The fourth-order valence-electron chi connectivity index (χ4n) is 4.49. The first kappa shape index (κ1) is 45.6. The Morgan fingerprint density at radius 1 is 0.983 bits per heavy atom. The molecule has 1 aromatic heterocycles. The van der Waals surface area contributed by atoms with E-state index in [2.05, 4.69) is 59.7 Å². The van der Waals surface area contributed by atoms with Crippen LogP contribution in [0.15, 0.2) is 90.7 Å². The lowest BCUT2D eigenvalue weighted by Crippen LogP contribution is -2.13. The third kappa shape index (κ3) is 12.2. The molecule has 0 aliphatic rings. The van der Waals surface area contributed by atoms with Crippen molar-refractivity contribution in [2.75, 3.05) is 24.0 Å². The van der Waals surface area contributed by atoms with Crippen molar-refractivity contribution in [2.24, 2.45) is 10.2 Å². The van der Waals surface area contributed by atoms with Gasteiger partial charge in [-0.3, -0.25) is 18.8 Å². The molecule has 0 spiro atoms. The van der Waals surface area contributed by atoms with Gasteiger partial charge in [0.25, 0.3) is 16.0 Å². The molecule has 58 heavy (non-hydrogen) atoms. The number of amides is 1. The molecule has 0 saturated carbocycles. The second-order valence-electron chi connectivity index (χ2n) is 10.3. The molecule has 0 aliphatic heterocycles. The van der Waals surface area contributed by atoms with Crippen molar-refractivity contribution in [2.45, 2.75) is 19.8 Å². The topological polar surface area (TPSA) is 331 Å². The Bertz CT molecular complexity index is 2650. The molecule has 0 unspecified atom stereocenters. The molecule has 0 atom stereocenters. The Labute approximate surface area is 344 Å². The molecule has 306 valence electrons. The van der Waals surface area contributed by atoms with E-state index in [0.717, 1.165) is 23.9 Å². The molecule has 8 N–H and O–H groups in total. The number of rotatable bonds is 15. The van der Waals surface area contributed by atoms with Gasteiger partial charge in [-0.1, -0.05) is 16.8 Å². The zero-order valence-electron chi connectivity index (χ0n) is 28.8. The number of ether oxygens (including phenoxy) is 1. The number of nitrogens with one attached hydrogen (secondary N) is 2. The molecule has 0 aliphatic carbocycles. The average molecular weight is 918 g/mol. The minimum atomic E-state index is -4.87. The van der Waals surface area contributed by atoms with Crippen LogP contribution in [0.25, 0.3) is 10.8 Å². The van der Waals surface area contributed by atoms with E-state index in [-0.39, 0.29) is 60.8 Å². The Kier molecular flexibility index (Phi) is 15.8. The molecule has 22 nitrogen and oxygen atoms in total. The monoisotopic (exact) mass is 917 g/mol. The Hall–Kier alpha value is -5.06. The summed E-state index contributed by atoms with van der Waals surface area (Å²) in [5.74, 6) is -1.13. The number of phenolic OH excluding ortho intramolecular Hbond substituents is 1. The SMILES string of the molecule is COc1cc(SC#COOS(=O)(=O)O)ccc1N=Nc1c(SOOO)cc2cc(S(=O)(=O)O)cc(NC(=O)c3ccc(Nc4nc(Cl)nc(SC)n4)cc3)c2c1O.O. The summed E-state index contributed by atoms with van der Waals surface area (Å²) in [6.45, 7) is 0. The van der Waals surface area contributed by atoms with Crippen LogP contribution < -0.4 is 15.4 Å². The lowest BCUT2D eigenvalue weighted by atomic mass is 10.1. The lowest BCUT2D eigenvalue weighted by Gasteiger charge is -2.15. The largest absolute Gasteiger partial charge is 0.505 e. The first-order chi connectivity index (χ1) is 27.1. The molecule has 1 amide bonds. The molecule has 0 bridgehead atoms. The standard InChI is InChI=1S/C30H22ClN7O14S5.H2O/c1-48-22-13-18(54-10-9-49-52-57(45,46)47)7-8-20(22)37-38-25-23(55-51-50-41)12-16-11-19(56(42,43)44)14-21(24(16)26(25)39)33-27(40)15-3-5-17(6-4-15)32-29-34-28(31)35-30(36-29)53-2;/h3-8,11-14,39,41H,1-2H3,(H,33,40)(H,42,43,44)(H,45,46,47)(H,32,34,35,36);1H2. The van der Waals surface area contributed by atoms with Crippen molar-refractivity contribution in [3.63, 3.8) is 0 Å². The first-order valence-electron chi connectivity index (χ1n) is 14.8. The number of hydrogen-bond acceptors (Lipinski definition) is 21. The smallest absolute Gasteiger partial charge is 0.433 e. The summed E-state index contributed by atoms with van der Waals surface area (Å²) in [4.78, 5) is 29.5. The second kappa shape index (κ2) is 20.1. The predicted octanol–water partition coefficient (Wildman–Crippen LogP) is 6.14. The molecule has 1 heterocycles. The molecule has 4 aromatic carbocycles.